The van der Waals surface area contributed by atoms with Crippen molar-refractivity contribution in [2.45, 2.75) is 70.5 Å². The molecule has 6 rings (SSSR count). The van der Waals surface area contributed by atoms with Gasteiger partial charge in [-0.15, -0.1) is 5.16 Å². The molecule has 9 nitrogen and oxygen atoms in total. The lowest BCUT2D eigenvalue weighted by molar-refractivity contribution is -0.143. The van der Waals surface area contributed by atoms with Crippen LogP contribution >= 0.6 is 0 Å². The van der Waals surface area contributed by atoms with Gasteiger partial charge in [0.05, 0.1) is 45.9 Å². The van der Waals surface area contributed by atoms with E-state index in [1.807, 2.05) is 158 Å². The average Bonchev–Trinajstić information content (AvgIpc) is 3.29. The van der Waals surface area contributed by atoms with Gasteiger partial charge in [0.25, 0.3) is 10.1 Å². The molecule has 0 bridgehead atoms. The average molecular weight is 872 g/mol. The maximum Gasteiger partial charge on any atom is 0.354 e. The fourth-order valence-electron chi connectivity index (χ4n) is 7.26. The largest absolute Gasteiger partial charge is 0.443 e. The number of hydrogen-bond donors (Lipinski definition) is 0. The Kier molecular flexibility index (Phi) is 17.0. The van der Waals surface area contributed by atoms with Gasteiger partial charge in [-0.1, -0.05) is 203 Å². The summed E-state index contributed by atoms with van der Waals surface area (Å²) in [7, 11) is -7.16. The summed E-state index contributed by atoms with van der Waals surface area (Å²) < 4.78 is 65.2. The topological polar surface area (TPSA) is 102 Å². The second-order valence-corrected chi connectivity index (χ2v) is 22.0. The van der Waals surface area contributed by atoms with E-state index in [1.165, 1.54) is 0 Å². The molecule has 0 radical (unpaired) electrons. The van der Waals surface area contributed by atoms with Crippen LogP contribution in [0.4, 0.5) is 0 Å². The van der Waals surface area contributed by atoms with Gasteiger partial charge in [0, 0.05) is 5.04 Å². The molecule has 62 heavy (non-hydrogen) atoms. The van der Waals surface area contributed by atoms with Gasteiger partial charge >= 0.3 is 8.32 Å². The normalized spacial score (nSPS) is 13.9. The van der Waals surface area contributed by atoms with Gasteiger partial charge in [0.1, 0.15) is 24.0 Å². The maximum atomic E-state index is 12.7. The second-order valence-electron chi connectivity index (χ2n) is 16.1. The molecule has 0 aromatic heterocycles. The summed E-state index contributed by atoms with van der Waals surface area (Å²) in [6, 6.07) is 59.7. The van der Waals surface area contributed by atoms with Crippen LogP contribution in [0.15, 0.2) is 187 Å². The van der Waals surface area contributed by atoms with Gasteiger partial charge in [0.2, 0.25) is 0 Å². The monoisotopic (exact) mass is 871 g/mol. The molecule has 0 saturated heterocycles. The standard InChI is InChI=1S/C51H57NO8SSi/c1-51(2,3)62(45-31-19-9-20-32-45,46-33-21-10-22-34-46)60-52-47(39-55-35-41-23-11-5-12-24-41)49(57-37-43-27-15-7-16-28-43)50(58-38-44-29-17-8-18-30-44)48(40-59-61(4,53)54)56-36-42-25-13-6-14-26-42/h5-34,48-50H,35-40H2,1-4H3/b52-47-/t48-,49-,50-/m1/s1. The van der Waals surface area contributed by atoms with E-state index in [0.29, 0.717) is 5.71 Å². The zero-order valence-electron chi connectivity index (χ0n) is 35.9. The molecule has 6 aromatic rings. The smallest absolute Gasteiger partial charge is 0.354 e. The first-order valence-corrected chi connectivity index (χ1v) is 24.5. The van der Waals surface area contributed by atoms with Crippen LogP contribution in [-0.4, -0.2) is 60.2 Å². The van der Waals surface area contributed by atoms with Crippen LogP contribution in [0.5, 0.6) is 0 Å². The van der Waals surface area contributed by atoms with Gasteiger partial charge in [-0.2, -0.15) is 8.42 Å². The maximum absolute atomic E-state index is 12.7. The van der Waals surface area contributed by atoms with E-state index in [1.54, 1.807) is 0 Å². The summed E-state index contributed by atoms with van der Waals surface area (Å²) in [4.78, 5) is 0. The van der Waals surface area contributed by atoms with E-state index in [9.17, 15) is 8.42 Å². The van der Waals surface area contributed by atoms with Crippen LogP contribution in [-0.2, 0) is 64.2 Å². The number of rotatable bonds is 23. The molecule has 11 heteroatoms. The number of hydrogen-bond acceptors (Lipinski definition) is 9. The van der Waals surface area contributed by atoms with E-state index >= 15 is 0 Å². The van der Waals surface area contributed by atoms with Crippen LogP contribution in [0.1, 0.15) is 43.0 Å². The highest BCUT2D eigenvalue weighted by Gasteiger charge is 2.53. The predicted octanol–water partition coefficient (Wildman–Crippen LogP) is 8.87. The molecule has 0 heterocycles. The number of benzene rings is 6. The Morgan fingerprint density at radius 3 is 1.35 bits per heavy atom. The van der Waals surface area contributed by atoms with E-state index < -0.39 is 41.8 Å². The second kappa shape index (κ2) is 22.7. The molecule has 0 aliphatic carbocycles. The van der Waals surface area contributed by atoms with Crippen molar-refractivity contribution in [1.82, 2.24) is 0 Å². The number of nitrogens with zero attached hydrogens (tertiary/aromatic N) is 1. The van der Waals surface area contributed by atoms with Gasteiger partial charge in [-0.25, -0.2) is 0 Å². The van der Waals surface area contributed by atoms with Crippen molar-refractivity contribution in [2.24, 2.45) is 5.16 Å². The van der Waals surface area contributed by atoms with E-state index in [-0.39, 0.29) is 39.6 Å². The van der Waals surface area contributed by atoms with Crippen LogP contribution in [0.25, 0.3) is 0 Å². The Balaban J connectivity index is 1.52. The quantitative estimate of drug-likeness (QED) is 0.0273. The molecule has 0 amide bonds. The molecule has 0 fully saturated rings. The molecule has 0 aliphatic heterocycles. The zero-order valence-corrected chi connectivity index (χ0v) is 37.7. The molecule has 324 valence electrons. The van der Waals surface area contributed by atoms with Crippen molar-refractivity contribution in [1.29, 1.82) is 0 Å². The van der Waals surface area contributed by atoms with Crippen LogP contribution in [0.3, 0.4) is 0 Å². The van der Waals surface area contributed by atoms with E-state index in [2.05, 4.69) is 45.0 Å². The highest BCUT2D eigenvalue weighted by atomic mass is 32.2. The van der Waals surface area contributed by atoms with Gasteiger partial charge in [-0.3, -0.25) is 4.18 Å². The number of oxime groups is 1. The highest BCUT2D eigenvalue weighted by molar-refractivity contribution is 7.86. The predicted molar refractivity (Wildman–Crippen MR) is 248 cm³/mol. The fraction of sp³-hybridized carbons (Fsp3) is 0.275. The Morgan fingerprint density at radius 1 is 0.548 bits per heavy atom. The summed E-state index contributed by atoms with van der Waals surface area (Å²) in [5.74, 6) is 0. The lowest BCUT2D eigenvalue weighted by atomic mass is 10.0. The Bertz CT molecular complexity index is 2290. The van der Waals surface area contributed by atoms with Crippen molar-refractivity contribution in [3.05, 3.63) is 204 Å². The third-order valence-corrected chi connectivity index (χ3v) is 15.7. The SMILES string of the molecule is CC(C)(C)[Si](O/N=C(/COCc1ccccc1)[C@@H](OCc1ccccc1)[C@H](OCc1ccccc1)[C@@H](COS(C)(=O)=O)OCc1ccccc1)(c1ccccc1)c1ccccc1. The van der Waals surface area contributed by atoms with Gasteiger partial charge in [-0.05, 0) is 32.6 Å². The van der Waals surface area contributed by atoms with E-state index in [0.717, 1.165) is 38.9 Å². The van der Waals surface area contributed by atoms with Crippen molar-refractivity contribution >= 4 is 34.5 Å². The molecule has 0 saturated carbocycles. The minimum atomic E-state index is -3.91. The minimum absolute atomic E-state index is 0.0178. The summed E-state index contributed by atoms with van der Waals surface area (Å²) in [5, 5.41) is 6.84. The van der Waals surface area contributed by atoms with Crippen molar-refractivity contribution in [3.63, 3.8) is 0 Å². The lowest BCUT2D eigenvalue weighted by Crippen LogP contribution is -2.66. The third-order valence-electron chi connectivity index (χ3n) is 10.4. The van der Waals surface area contributed by atoms with Crippen LogP contribution in [0.2, 0.25) is 5.04 Å². The molecule has 0 N–H and O–H groups in total. The molecule has 6 aromatic carbocycles. The highest BCUT2D eigenvalue weighted by Crippen LogP contribution is 2.37. The Labute approximate surface area is 368 Å². The molecular formula is C51H57NO8SSi. The Hall–Kier alpha value is -5.24. The molecule has 0 aliphatic rings. The summed E-state index contributed by atoms with van der Waals surface area (Å²) in [6.45, 7) is 6.92. The summed E-state index contributed by atoms with van der Waals surface area (Å²) >= 11 is 0. The first kappa shape index (κ1) is 46.3. The van der Waals surface area contributed by atoms with Gasteiger partial charge < -0.3 is 23.5 Å². The summed E-state index contributed by atoms with van der Waals surface area (Å²) in [6.07, 6.45) is -1.96. The minimum Gasteiger partial charge on any atom is -0.443 e. The summed E-state index contributed by atoms with van der Waals surface area (Å²) in [5.41, 5.74) is 4.06. The van der Waals surface area contributed by atoms with Gasteiger partial charge in [0.15, 0.2) is 0 Å². The zero-order chi connectivity index (χ0) is 43.7. The Morgan fingerprint density at radius 2 is 0.935 bits per heavy atom. The van der Waals surface area contributed by atoms with Crippen LogP contribution < -0.4 is 10.4 Å². The third kappa shape index (κ3) is 13.4. The van der Waals surface area contributed by atoms with Crippen molar-refractivity contribution in [2.75, 3.05) is 19.5 Å². The molecule has 0 spiro atoms. The first-order chi connectivity index (χ1) is 30.0. The number of ether oxygens (including phenoxy) is 4. The van der Waals surface area contributed by atoms with Crippen molar-refractivity contribution < 1.29 is 36.1 Å². The molecule has 3 atom stereocenters. The lowest BCUT2D eigenvalue weighted by Gasteiger charge is -2.41. The fourth-order valence-corrected chi connectivity index (χ4v) is 11.8. The first-order valence-electron chi connectivity index (χ1n) is 20.8. The molecular weight excluding hydrogens is 815 g/mol. The molecule has 0 unspecified atom stereocenters. The van der Waals surface area contributed by atoms with Crippen molar-refractivity contribution in [3.8, 4) is 0 Å². The van der Waals surface area contributed by atoms with E-state index in [4.69, 9.17) is 32.8 Å². The van der Waals surface area contributed by atoms with Crippen LogP contribution in [0, 0.1) is 0 Å².